The minimum Gasteiger partial charge on any atom is -0.494 e. The Morgan fingerprint density at radius 3 is 2.64 bits per heavy atom. The SMILES string of the molecule is CCCCOc1ccc(C(=O)OCC(=O)NCCc2cccs2)cc1. The van der Waals surface area contributed by atoms with E-state index in [1.54, 1.807) is 35.6 Å². The van der Waals surface area contributed by atoms with Crippen LogP contribution in [0.15, 0.2) is 41.8 Å². The van der Waals surface area contributed by atoms with Gasteiger partial charge in [0.2, 0.25) is 0 Å². The van der Waals surface area contributed by atoms with Crippen LogP contribution in [0.2, 0.25) is 0 Å². The Balaban J connectivity index is 1.67. The predicted octanol–water partition coefficient (Wildman–Crippen LogP) is 3.44. The number of rotatable bonds is 10. The highest BCUT2D eigenvalue weighted by Crippen LogP contribution is 2.13. The van der Waals surface area contributed by atoms with Crippen molar-refractivity contribution >= 4 is 23.2 Å². The highest BCUT2D eigenvalue weighted by molar-refractivity contribution is 7.09. The second kappa shape index (κ2) is 10.5. The van der Waals surface area contributed by atoms with Crippen molar-refractivity contribution in [3.05, 3.63) is 52.2 Å². The molecule has 1 heterocycles. The molecule has 0 spiro atoms. The molecule has 0 atom stereocenters. The first-order chi connectivity index (χ1) is 12.2. The number of carbonyl (C=O) groups is 2. The van der Waals surface area contributed by atoms with E-state index in [4.69, 9.17) is 9.47 Å². The van der Waals surface area contributed by atoms with Crippen molar-refractivity contribution in [1.82, 2.24) is 5.32 Å². The third-order valence-electron chi connectivity index (χ3n) is 3.46. The van der Waals surface area contributed by atoms with Gasteiger partial charge in [0, 0.05) is 11.4 Å². The summed E-state index contributed by atoms with van der Waals surface area (Å²) < 4.78 is 10.6. The number of amides is 1. The van der Waals surface area contributed by atoms with Gasteiger partial charge in [0.05, 0.1) is 12.2 Å². The van der Waals surface area contributed by atoms with Crippen molar-refractivity contribution in [3.8, 4) is 5.75 Å². The molecule has 134 valence electrons. The lowest BCUT2D eigenvalue weighted by molar-refractivity contribution is -0.124. The number of benzene rings is 1. The summed E-state index contributed by atoms with van der Waals surface area (Å²) in [5.41, 5.74) is 0.397. The Morgan fingerprint density at radius 1 is 1.16 bits per heavy atom. The highest BCUT2D eigenvalue weighted by atomic mass is 32.1. The van der Waals surface area contributed by atoms with Crippen molar-refractivity contribution in [2.75, 3.05) is 19.8 Å². The van der Waals surface area contributed by atoms with E-state index in [0.717, 1.165) is 25.0 Å². The number of hydrogen-bond acceptors (Lipinski definition) is 5. The standard InChI is InChI=1S/C19H23NO4S/c1-2-3-12-23-16-8-6-15(7-9-16)19(22)24-14-18(21)20-11-10-17-5-4-13-25-17/h4-9,13H,2-3,10-12,14H2,1H3,(H,20,21). The molecule has 1 N–H and O–H groups in total. The van der Waals surface area contributed by atoms with E-state index in [2.05, 4.69) is 12.2 Å². The zero-order chi connectivity index (χ0) is 17.9. The number of ether oxygens (including phenoxy) is 2. The minimum absolute atomic E-state index is 0.280. The van der Waals surface area contributed by atoms with Gasteiger partial charge >= 0.3 is 5.97 Å². The molecule has 0 radical (unpaired) electrons. The monoisotopic (exact) mass is 361 g/mol. The summed E-state index contributed by atoms with van der Waals surface area (Å²) in [4.78, 5) is 24.9. The molecule has 0 unspecified atom stereocenters. The largest absolute Gasteiger partial charge is 0.494 e. The summed E-state index contributed by atoms with van der Waals surface area (Å²) in [7, 11) is 0. The number of hydrogen-bond donors (Lipinski definition) is 1. The van der Waals surface area contributed by atoms with Crippen molar-refractivity contribution in [2.24, 2.45) is 0 Å². The van der Waals surface area contributed by atoms with Crippen LogP contribution in [0.1, 0.15) is 35.0 Å². The number of carbonyl (C=O) groups excluding carboxylic acids is 2. The molecule has 1 aromatic heterocycles. The van der Waals surface area contributed by atoms with Crippen molar-refractivity contribution in [3.63, 3.8) is 0 Å². The zero-order valence-electron chi connectivity index (χ0n) is 14.3. The Bertz CT molecular complexity index is 653. The van der Waals surface area contributed by atoms with E-state index in [0.29, 0.717) is 18.7 Å². The Morgan fingerprint density at radius 2 is 1.96 bits per heavy atom. The van der Waals surface area contributed by atoms with Gasteiger partial charge in [-0.1, -0.05) is 19.4 Å². The molecule has 1 aromatic carbocycles. The van der Waals surface area contributed by atoms with E-state index in [1.165, 1.54) is 4.88 Å². The maximum absolute atomic E-state index is 11.9. The summed E-state index contributed by atoms with van der Waals surface area (Å²) in [6.45, 7) is 3.01. The fraction of sp³-hybridized carbons (Fsp3) is 0.368. The molecule has 2 aromatic rings. The maximum Gasteiger partial charge on any atom is 0.338 e. The first-order valence-electron chi connectivity index (χ1n) is 8.38. The summed E-state index contributed by atoms with van der Waals surface area (Å²) in [5.74, 6) is -0.103. The topological polar surface area (TPSA) is 64.6 Å². The molecule has 0 aliphatic rings. The van der Waals surface area contributed by atoms with Gasteiger partial charge in [-0.2, -0.15) is 0 Å². The smallest absolute Gasteiger partial charge is 0.338 e. The number of thiophene rings is 1. The van der Waals surface area contributed by atoms with E-state index in [1.807, 2.05) is 17.5 Å². The van der Waals surface area contributed by atoms with Gasteiger partial charge < -0.3 is 14.8 Å². The van der Waals surface area contributed by atoms with Gasteiger partial charge in [-0.05, 0) is 48.6 Å². The fourth-order valence-corrected chi connectivity index (χ4v) is 2.78. The predicted molar refractivity (Wildman–Crippen MR) is 98.2 cm³/mol. The second-order valence-corrected chi connectivity index (χ2v) is 6.51. The van der Waals surface area contributed by atoms with Gasteiger partial charge in [-0.3, -0.25) is 4.79 Å². The van der Waals surface area contributed by atoms with Crippen LogP contribution in [-0.4, -0.2) is 31.6 Å². The van der Waals surface area contributed by atoms with E-state index >= 15 is 0 Å². The number of esters is 1. The van der Waals surface area contributed by atoms with Crippen LogP contribution in [0.4, 0.5) is 0 Å². The Kier molecular flexibility index (Phi) is 7.98. The molecule has 6 heteroatoms. The second-order valence-electron chi connectivity index (χ2n) is 5.48. The molecule has 1 amide bonds. The van der Waals surface area contributed by atoms with Crippen molar-refractivity contribution in [2.45, 2.75) is 26.2 Å². The third-order valence-corrected chi connectivity index (χ3v) is 4.40. The number of nitrogens with one attached hydrogen (secondary N) is 1. The average Bonchev–Trinajstić information content (AvgIpc) is 3.14. The van der Waals surface area contributed by atoms with Crippen molar-refractivity contribution in [1.29, 1.82) is 0 Å². The Labute approximate surface area is 152 Å². The van der Waals surface area contributed by atoms with Gasteiger partial charge in [0.25, 0.3) is 5.91 Å². The summed E-state index contributed by atoms with van der Waals surface area (Å²) in [6, 6.07) is 10.7. The molecule has 0 aliphatic heterocycles. The lowest BCUT2D eigenvalue weighted by atomic mass is 10.2. The molecular weight excluding hydrogens is 338 g/mol. The molecule has 0 fully saturated rings. The van der Waals surface area contributed by atoms with Crippen molar-refractivity contribution < 1.29 is 19.1 Å². The lowest BCUT2D eigenvalue weighted by Gasteiger charge is -2.08. The van der Waals surface area contributed by atoms with Crippen LogP contribution in [-0.2, 0) is 16.0 Å². The van der Waals surface area contributed by atoms with E-state index in [-0.39, 0.29) is 12.5 Å². The lowest BCUT2D eigenvalue weighted by Crippen LogP contribution is -2.30. The fourth-order valence-electron chi connectivity index (χ4n) is 2.07. The van der Waals surface area contributed by atoms with Gasteiger partial charge in [0.1, 0.15) is 5.75 Å². The Hall–Kier alpha value is -2.34. The molecule has 25 heavy (non-hydrogen) atoms. The van der Waals surface area contributed by atoms with E-state index < -0.39 is 5.97 Å². The first-order valence-corrected chi connectivity index (χ1v) is 9.26. The van der Waals surface area contributed by atoms with Gasteiger partial charge in [0.15, 0.2) is 6.61 Å². The van der Waals surface area contributed by atoms with Gasteiger partial charge in [-0.15, -0.1) is 11.3 Å². The van der Waals surface area contributed by atoms with Crippen LogP contribution in [0, 0.1) is 0 Å². The summed E-state index contributed by atoms with van der Waals surface area (Å²) in [5, 5.41) is 4.74. The molecule has 0 aliphatic carbocycles. The van der Waals surface area contributed by atoms with Crippen LogP contribution in [0.25, 0.3) is 0 Å². The van der Waals surface area contributed by atoms with Gasteiger partial charge in [-0.25, -0.2) is 4.79 Å². The molecule has 2 rings (SSSR count). The highest BCUT2D eigenvalue weighted by Gasteiger charge is 2.10. The van der Waals surface area contributed by atoms with Crippen LogP contribution in [0.3, 0.4) is 0 Å². The third kappa shape index (κ3) is 6.97. The van der Waals surface area contributed by atoms with Crippen LogP contribution >= 0.6 is 11.3 Å². The zero-order valence-corrected chi connectivity index (χ0v) is 15.1. The molecule has 5 nitrogen and oxygen atoms in total. The quantitative estimate of drug-likeness (QED) is 0.520. The molecular formula is C19H23NO4S. The molecule has 0 bridgehead atoms. The summed E-state index contributed by atoms with van der Waals surface area (Å²) in [6.07, 6.45) is 2.84. The summed E-state index contributed by atoms with van der Waals surface area (Å²) >= 11 is 1.65. The van der Waals surface area contributed by atoms with Crippen LogP contribution in [0.5, 0.6) is 5.75 Å². The minimum atomic E-state index is -0.520. The molecule has 0 saturated heterocycles. The first kappa shape index (κ1) is 19.0. The number of unbranched alkanes of at least 4 members (excludes halogenated alkanes) is 1. The van der Waals surface area contributed by atoms with Crippen LogP contribution < -0.4 is 10.1 Å². The maximum atomic E-state index is 11.9. The average molecular weight is 361 g/mol. The van der Waals surface area contributed by atoms with E-state index in [9.17, 15) is 9.59 Å². The molecule has 0 saturated carbocycles. The normalized spacial score (nSPS) is 10.3.